The molecule has 2 aliphatic rings. The van der Waals surface area contributed by atoms with E-state index in [-0.39, 0.29) is 29.6 Å². The second kappa shape index (κ2) is 17.9. The van der Waals surface area contributed by atoms with Gasteiger partial charge in [0.15, 0.2) is 10.8 Å². The van der Waals surface area contributed by atoms with Crippen LogP contribution in [0.15, 0.2) is 149 Å². The number of alkyl halides is 1. The molecule has 0 saturated carbocycles. The Morgan fingerprint density at radius 1 is 0.930 bits per heavy atom. The number of ether oxygens (including phenoxy) is 2. The first-order valence-electron chi connectivity index (χ1n) is 17.9. The van der Waals surface area contributed by atoms with Crippen LogP contribution in [0.25, 0.3) is 0 Å². The van der Waals surface area contributed by atoms with Crippen molar-refractivity contribution in [3.8, 4) is 5.75 Å². The van der Waals surface area contributed by atoms with E-state index in [1.807, 2.05) is 54.6 Å². The largest absolute Gasteiger partial charge is 0.497 e. The molecule has 0 radical (unpaired) electrons. The molecule has 2 amide bonds. The molecule has 57 heavy (non-hydrogen) atoms. The van der Waals surface area contributed by atoms with Gasteiger partial charge in [-0.3, -0.25) is 14.5 Å². The Hall–Kier alpha value is -5.89. The lowest BCUT2D eigenvalue weighted by Crippen LogP contribution is -2.71. The van der Waals surface area contributed by atoms with Crippen LogP contribution < -0.4 is 15.4 Å². The molecular formula is C43H38ClN5O6S2. The summed E-state index contributed by atoms with van der Waals surface area (Å²) >= 11 is 8.64. The third-order valence-corrected chi connectivity index (χ3v) is 11.7. The van der Waals surface area contributed by atoms with E-state index >= 15 is 0 Å². The maximum atomic E-state index is 13.9. The van der Waals surface area contributed by atoms with Crippen molar-refractivity contribution in [1.82, 2.24) is 15.2 Å². The second-order valence-corrected chi connectivity index (χ2v) is 15.1. The minimum atomic E-state index is -0.953. The van der Waals surface area contributed by atoms with E-state index in [1.54, 1.807) is 48.9 Å². The SMILES string of the molecule is CO/N=C(\C(=O)N[C@@H]1C(=O)N2C(C(=O)OCc3ccc(OC)cc3)=C(/C=C\CCl)CS[C@@H]12)c1csc(NC(c2ccccc2)(c2ccccc2)c2ccccc2)n1. The minimum Gasteiger partial charge on any atom is -0.497 e. The monoisotopic (exact) mass is 819 g/mol. The van der Waals surface area contributed by atoms with Crippen molar-refractivity contribution in [2.75, 3.05) is 31.2 Å². The average Bonchev–Trinajstić information content (AvgIpc) is 3.73. The zero-order valence-electron chi connectivity index (χ0n) is 31.0. The number of hydrogen-bond donors (Lipinski definition) is 2. The normalized spacial score (nSPS) is 16.8. The molecule has 0 aliphatic carbocycles. The van der Waals surface area contributed by atoms with Gasteiger partial charge in [0, 0.05) is 17.0 Å². The third-order valence-electron chi connectivity index (χ3n) is 9.47. The number of hydrogen-bond acceptors (Lipinski definition) is 11. The van der Waals surface area contributed by atoms with E-state index < -0.39 is 34.7 Å². The lowest BCUT2D eigenvalue weighted by atomic mass is 9.77. The number of nitrogens with one attached hydrogen (secondary N) is 2. The van der Waals surface area contributed by atoms with Gasteiger partial charge in [0.05, 0.1) is 7.11 Å². The van der Waals surface area contributed by atoms with Gasteiger partial charge >= 0.3 is 5.97 Å². The van der Waals surface area contributed by atoms with Crippen LogP contribution in [-0.2, 0) is 36.1 Å². The summed E-state index contributed by atoms with van der Waals surface area (Å²) in [5.74, 6) is -0.509. The fourth-order valence-electron chi connectivity index (χ4n) is 6.77. The summed E-state index contributed by atoms with van der Waals surface area (Å²) in [4.78, 5) is 52.6. The number of benzene rings is 4. The maximum Gasteiger partial charge on any atom is 0.355 e. The van der Waals surface area contributed by atoms with Crippen molar-refractivity contribution >= 4 is 63.3 Å². The summed E-state index contributed by atoms with van der Waals surface area (Å²) in [5, 5.41) is 12.3. The Morgan fingerprint density at radius 2 is 1.54 bits per heavy atom. The predicted octanol–water partition coefficient (Wildman–Crippen LogP) is 7.10. The van der Waals surface area contributed by atoms with Gasteiger partial charge in [-0.25, -0.2) is 9.78 Å². The number of amides is 2. The van der Waals surface area contributed by atoms with Gasteiger partial charge < -0.3 is 24.9 Å². The molecule has 3 heterocycles. The quantitative estimate of drug-likeness (QED) is 0.0284. The number of carbonyl (C=O) groups excluding carboxylic acids is 3. The van der Waals surface area contributed by atoms with Crippen molar-refractivity contribution in [3.05, 3.63) is 172 Å². The topological polar surface area (TPSA) is 131 Å². The van der Waals surface area contributed by atoms with Gasteiger partial charge in [0.1, 0.15) is 47.8 Å². The van der Waals surface area contributed by atoms with Crippen LogP contribution in [-0.4, -0.2) is 70.6 Å². The minimum absolute atomic E-state index is 0.0106. The lowest BCUT2D eigenvalue weighted by Gasteiger charge is -2.49. The van der Waals surface area contributed by atoms with Gasteiger partial charge in [-0.2, -0.15) is 0 Å². The summed E-state index contributed by atoms with van der Waals surface area (Å²) in [6, 6.07) is 36.4. The molecule has 4 aromatic carbocycles. The molecule has 1 saturated heterocycles. The van der Waals surface area contributed by atoms with Crippen LogP contribution >= 0.6 is 34.7 Å². The van der Waals surface area contributed by atoms with Crippen molar-refractivity contribution in [2.24, 2.45) is 5.16 Å². The third kappa shape index (κ3) is 8.18. The number of fused-ring (bicyclic) bond motifs is 1. The first kappa shape index (κ1) is 39.3. The molecule has 0 unspecified atom stereocenters. The first-order valence-corrected chi connectivity index (χ1v) is 20.4. The number of carbonyl (C=O) groups is 3. The van der Waals surface area contributed by atoms with Crippen LogP contribution in [0.2, 0.25) is 0 Å². The zero-order valence-corrected chi connectivity index (χ0v) is 33.4. The van der Waals surface area contributed by atoms with Gasteiger partial charge in [0.2, 0.25) is 0 Å². The van der Waals surface area contributed by atoms with Crippen LogP contribution in [0.1, 0.15) is 27.9 Å². The molecule has 2 N–H and O–H groups in total. The first-order chi connectivity index (χ1) is 27.9. The number of nitrogens with zero attached hydrogens (tertiary/aromatic N) is 3. The Morgan fingerprint density at radius 3 is 2.11 bits per heavy atom. The highest BCUT2D eigenvalue weighted by atomic mass is 35.5. The number of anilines is 1. The van der Waals surface area contributed by atoms with Gasteiger partial charge in [-0.1, -0.05) is 120 Å². The van der Waals surface area contributed by atoms with E-state index in [0.29, 0.717) is 22.2 Å². The molecule has 11 nitrogen and oxygen atoms in total. The molecule has 7 rings (SSSR count). The van der Waals surface area contributed by atoms with E-state index in [4.69, 9.17) is 30.9 Å². The van der Waals surface area contributed by atoms with E-state index in [2.05, 4.69) is 52.2 Å². The summed E-state index contributed by atoms with van der Waals surface area (Å²) in [6.45, 7) is -0.0106. The Bertz CT molecular complexity index is 2210. The molecule has 2 atom stereocenters. The Balaban J connectivity index is 1.12. The molecule has 1 aromatic heterocycles. The summed E-state index contributed by atoms with van der Waals surface area (Å²) in [7, 11) is 2.91. The van der Waals surface area contributed by atoms with Gasteiger partial charge in [-0.15, -0.1) is 34.7 Å². The number of rotatable bonds is 15. The van der Waals surface area contributed by atoms with Crippen molar-refractivity contribution in [1.29, 1.82) is 0 Å². The van der Waals surface area contributed by atoms with Crippen molar-refractivity contribution in [3.63, 3.8) is 0 Å². The maximum absolute atomic E-state index is 13.9. The number of halogens is 1. The number of oxime groups is 1. The highest BCUT2D eigenvalue weighted by Gasteiger charge is 2.54. The summed E-state index contributed by atoms with van der Waals surface area (Å²) in [5.41, 5.74) is 3.71. The molecule has 0 spiro atoms. The van der Waals surface area contributed by atoms with E-state index in [0.717, 1.165) is 22.3 Å². The number of β-lactam (4-membered cyclic amide) rings is 1. The summed E-state index contributed by atoms with van der Waals surface area (Å²) < 4.78 is 10.9. The van der Waals surface area contributed by atoms with Gasteiger partial charge in [-0.05, 0) is 40.0 Å². The smallest absolute Gasteiger partial charge is 0.355 e. The highest BCUT2D eigenvalue weighted by molar-refractivity contribution is 8.00. The number of thioether (sulfide) groups is 1. The molecule has 14 heteroatoms. The number of allylic oxidation sites excluding steroid dienone is 2. The highest BCUT2D eigenvalue weighted by Crippen LogP contribution is 2.42. The lowest BCUT2D eigenvalue weighted by molar-refractivity contribution is -0.153. The second-order valence-electron chi connectivity index (χ2n) is 12.8. The predicted molar refractivity (Wildman–Crippen MR) is 223 cm³/mol. The molecule has 0 bridgehead atoms. The van der Waals surface area contributed by atoms with E-state index in [9.17, 15) is 14.4 Å². The molecule has 1 fully saturated rings. The number of thiazole rings is 1. The standard InChI is InChI=1S/C43H38ClN5O6S2/c1-53-33-22-20-28(21-23-33)25-55-41(52)37-29(13-12-24-44)26-56-40-36(39(51)49(37)40)46-38(50)35(48-54-2)34-27-57-42(45-34)47-43(30-14-6-3-7-15-30,31-16-8-4-9-17-31)32-18-10-5-11-19-32/h3-23,27,36,40H,24-26H2,1-2H3,(H,45,47)(H,46,50)/b13-12-,48-35-/t36-,40+/m1/s1. The Labute approximate surface area is 343 Å². The van der Waals surface area contributed by atoms with Crippen LogP contribution in [0.4, 0.5) is 5.13 Å². The summed E-state index contributed by atoms with van der Waals surface area (Å²) in [6.07, 6.45) is 3.42. The number of aromatic nitrogens is 1. The molecule has 2 aliphatic heterocycles. The Kier molecular flexibility index (Phi) is 12.4. The van der Waals surface area contributed by atoms with Crippen LogP contribution in [0, 0.1) is 0 Å². The average molecular weight is 820 g/mol. The molecular weight excluding hydrogens is 782 g/mol. The molecule has 290 valence electrons. The van der Waals surface area contributed by atoms with Gasteiger partial charge in [0.25, 0.3) is 11.8 Å². The van der Waals surface area contributed by atoms with E-state index in [1.165, 1.54) is 35.1 Å². The fourth-order valence-corrected chi connectivity index (χ4v) is 8.93. The van der Waals surface area contributed by atoms with Crippen molar-refractivity contribution < 1.29 is 28.7 Å². The molecule has 5 aromatic rings. The number of esters is 1. The van der Waals surface area contributed by atoms with Crippen molar-refractivity contribution in [2.45, 2.75) is 23.6 Å². The zero-order chi connectivity index (χ0) is 39.8. The van der Waals surface area contributed by atoms with Crippen LogP contribution in [0.5, 0.6) is 5.75 Å². The van der Waals surface area contributed by atoms with Crippen LogP contribution in [0.3, 0.4) is 0 Å². The number of methoxy groups -OCH3 is 1. The fraction of sp³-hybridized carbons (Fsp3) is 0.186.